The van der Waals surface area contributed by atoms with Crippen LogP contribution in [0.2, 0.25) is 0 Å². The van der Waals surface area contributed by atoms with E-state index in [1.54, 1.807) is 0 Å². The number of hydrogen-bond acceptors (Lipinski definition) is 2. The lowest BCUT2D eigenvalue weighted by molar-refractivity contribution is 0.0740. The molecule has 0 radical (unpaired) electrons. The van der Waals surface area contributed by atoms with E-state index in [2.05, 4.69) is 0 Å². The molecular weight excluding hydrogens is 301 g/mol. The molecule has 0 atom stereocenters. The van der Waals surface area contributed by atoms with Crippen LogP contribution in [0.5, 0.6) is 0 Å². The Morgan fingerprint density at radius 3 is 2.24 bits per heavy atom. The Morgan fingerprint density at radius 2 is 1.81 bits per heavy atom. The van der Waals surface area contributed by atoms with Crippen LogP contribution < -0.4 is 5.73 Å². The second-order valence-corrected chi connectivity index (χ2v) is 5.64. The molecule has 1 aromatic rings. The molecule has 0 saturated heterocycles. The summed E-state index contributed by atoms with van der Waals surface area (Å²) in [6, 6.07) is 1.38. The maximum Gasteiger partial charge on any atom is 0.254 e. The van der Waals surface area contributed by atoms with E-state index in [-0.39, 0.29) is 23.0 Å². The van der Waals surface area contributed by atoms with E-state index in [1.165, 1.54) is 4.90 Å². The molecule has 0 fully saturated rings. The van der Waals surface area contributed by atoms with Gasteiger partial charge in [-0.2, -0.15) is 0 Å². The molecule has 0 unspecified atom stereocenters. The van der Waals surface area contributed by atoms with Crippen molar-refractivity contribution in [1.82, 2.24) is 4.90 Å². The molecule has 0 saturated carbocycles. The summed E-state index contributed by atoms with van der Waals surface area (Å²) in [5.74, 6) is -4.81. The van der Waals surface area contributed by atoms with Crippen LogP contribution in [0.15, 0.2) is 12.1 Å². The normalized spacial score (nSPS) is 10.8. The average molecular weight is 318 g/mol. The van der Waals surface area contributed by atoms with Gasteiger partial charge in [0.25, 0.3) is 5.91 Å². The van der Waals surface area contributed by atoms with E-state index in [0.29, 0.717) is 25.1 Å². The van der Waals surface area contributed by atoms with E-state index in [4.69, 9.17) is 18.0 Å². The molecule has 2 N–H and O–H groups in total. The maximum atomic E-state index is 13.2. The standard InChI is InChI=1S/C14H17F3N2OS/c1-8(2)7-19(4-3-12(18)21)14(20)9-5-10(15)13(17)11(16)6-9/h5-6,8H,3-4,7H2,1-2H3,(H2,18,21). The second kappa shape index (κ2) is 7.40. The van der Waals surface area contributed by atoms with Crippen molar-refractivity contribution in [3.8, 4) is 0 Å². The first-order valence-corrected chi connectivity index (χ1v) is 6.85. The van der Waals surface area contributed by atoms with E-state index >= 15 is 0 Å². The van der Waals surface area contributed by atoms with Crippen molar-refractivity contribution >= 4 is 23.1 Å². The Hall–Kier alpha value is -1.63. The van der Waals surface area contributed by atoms with Gasteiger partial charge in [0.05, 0.1) is 4.99 Å². The van der Waals surface area contributed by atoms with Crippen LogP contribution >= 0.6 is 12.2 Å². The van der Waals surface area contributed by atoms with Crippen LogP contribution in [0.3, 0.4) is 0 Å². The van der Waals surface area contributed by atoms with Gasteiger partial charge in [0, 0.05) is 25.1 Å². The minimum atomic E-state index is -1.59. The zero-order valence-electron chi connectivity index (χ0n) is 11.8. The maximum absolute atomic E-state index is 13.2. The second-order valence-electron chi connectivity index (χ2n) is 5.12. The summed E-state index contributed by atoms with van der Waals surface area (Å²) in [7, 11) is 0. The lowest BCUT2D eigenvalue weighted by Crippen LogP contribution is -2.36. The molecule has 21 heavy (non-hydrogen) atoms. The zero-order valence-corrected chi connectivity index (χ0v) is 12.6. The minimum Gasteiger partial charge on any atom is -0.393 e. The highest BCUT2D eigenvalue weighted by molar-refractivity contribution is 7.80. The fourth-order valence-electron chi connectivity index (χ4n) is 1.82. The highest BCUT2D eigenvalue weighted by atomic mass is 32.1. The summed E-state index contributed by atoms with van der Waals surface area (Å²) >= 11 is 4.76. The van der Waals surface area contributed by atoms with Crippen LogP contribution in [0.4, 0.5) is 13.2 Å². The highest BCUT2D eigenvalue weighted by Crippen LogP contribution is 2.16. The number of halogens is 3. The number of hydrogen-bond donors (Lipinski definition) is 1. The Labute approximate surface area is 126 Å². The van der Waals surface area contributed by atoms with Gasteiger partial charge in [-0.3, -0.25) is 4.79 Å². The molecule has 1 amide bonds. The number of carbonyl (C=O) groups is 1. The predicted octanol–water partition coefficient (Wildman–Crippen LogP) is 2.88. The van der Waals surface area contributed by atoms with Crippen molar-refractivity contribution in [3.05, 3.63) is 35.1 Å². The molecule has 7 heteroatoms. The van der Waals surface area contributed by atoms with Crippen LogP contribution in [0.1, 0.15) is 30.6 Å². The van der Waals surface area contributed by atoms with Crippen LogP contribution in [0, 0.1) is 23.4 Å². The molecule has 116 valence electrons. The topological polar surface area (TPSA) is 46.3 Å². The van der Waals surface area contributed by atoms with E-state index in [9.17, 15) is 18.0 Å². The number of rotatable bonds is 6. The van der Waals surface area contributed by atoms with Gasteiger partial charge in [-0.1, -0.05) is 26.1 Å². The minimum absolute atomic E-state index is 0.149. The van der Waals surface area contributed by atoms with Gasteiger partial charge in [-0.15, -0.1) is 0 Å². The van der Waals surface area contributed by atoms with Crippen LogP contribution in [-0.2, 0) is 0 Å². The number of amides is 1. The van der Waals surface area contributed by atoms with Crippen molar-refractivity contribution in [2.24, 2.45) is 11.7 Å². The molecule has 0 spiro atoms. The summed E-state index contributed by atoms with van der Waals surface area (Å²) < 4.78 is 39.4. The summed E-state index contributed by atoms with van der Waals surface area (Å²) in [5.41, 5.74) is 5.16. The number of nitrogens with two attached hydrogens (primary N) is 1. The third-order valence-corrected chi connectivity index (χ3v) is 2.94. The van der Waals surface area contributed by atoms with Gasteiger partial charge in [0.15, 0.2) is 17.5 Å². The first-order chi connectivity index (χ1) is 9.72. The van der Waals surface area contributed by atoms with Gasteiger partial charge in [-0.25, -0.2) is 13.2 Å². The monoisotopic (exact) mass is 318 g/mol. The summed E-state index contributed by atoms with van der Waals surface area (Å²) in [4.78, 5) is 13.9. The molecule has 1 rings (SSSR count). The smallest absolute Gasteiger partial charge is 0.254 e. The molecule has 0 heterocycles. The van der Waals surface area contributed by atoms with Gasteiger partial charge in [0.1, 0.15) is 0 Å². The van der Waals surface area contributed by atoms with Crippen LogP contribution in [0.25, 0.3) is 0 Å². The number of nitrogens with zero attached hydrogens (tertiary/aromatic N) is 1. The predicted molar refractivity (Wildman–Crippen MR) is 78.5 cm³/mol. The third-order valence-electron chi connectivity index (χ3n) is 2.73. The first kappa shape index (κ1) is 17.4. The van der Waals surface area contributed by atoms with E-state index < -0.39 is 23.4 Å². The first-order valence-electron chi connectivity index (χ1n) is 6.44. The van der Waals surface area contributed by atoms with Crippen LogP contribution in [-0.4, -0.2) is 28.9 Å². The number of carbonyl (C=O) groups excluding carboxylic acids is 1. The third kappa shape index (κ3) is 5.00. The van der Waals surface area contributed by atoms with Crippen molar-refractivity contribution in [2.45, 2.75) is 20.3 Å². The van der Waals surface area contributed by atoms with Gasteiger partial charge >= 0.3 is 0 Å². The summed E-state index contributed by atoms with van der Waals surface area (Å²) in [5, 5.41) is 0. The fraction of sp³-hybridized carbons (Fsp3) is 0.429. The summed E-state index contributed by atoms with van der Waals surface area (Å²) in [6.07, 6.45) is 0.306. The molecule has 0 aliphatic heterocycles. The Morgan fingerprint density at radius 1 is 1.29 bits per heavy atom. The largest absolute Gasteiger partial charge is 0.393 e. The lowest BCUT2D eigenvalue weighted by atomic mass is 10.1. The highest BCUT2D eigenvalue weighted by Gasteiger charge is 2.20. The van der Waals surface area contributed by atoms with Gasteiger partial charge in [0.2, 0.25) is 0 Å². The van der Waals surface area contributed by atoms with Crippen molar-refractivity contribution in [3.63, 3.8) is 0 Å². The zero-order chi connectivity index (χ0) is 16.2. The van der Waals surface area contributed by atoms with Crippen molar-refractivity contribution < 1.29 is 18.0 Å². The number of thiocarbonyl (C=S) groups is 1. The van der Waals surface area contributed by atoms with Crippen molar-refractivity contribution in [2.75, 3.05) is 13.1 Å². The molecular formula is C14H17F3N2OS. The molecule has 0 aliphatic rings. The molecule has 0 aromatic heterocycles. The van der Waals surface area contributed by atoms with Gasteiger partial charge in [-0.05, 0) is 18.1 Å². The number of benzene rings is 1. The SMILES string of the molecule is CC(C)CN(CCC(N)=S)C(=O)c1cc(F)c(F)c(F)c1. The Bertz CT molecular complexity index is 526. The van der Waals surface area contributed by atoms with Gasteiger partial charge < -0.3 is 10.6 Å². The molecule has 0 bridgehead atoms. The van der Waals surface area contributed by atoms with Crippen molar-refractivity contribution in [1.29, 1.82) is 0 Å². The average Bonchev–Trinajstić information content (AvgIpc) is 2.38. The van der Waals surface area contributed by atoms with E-state index in [0.717, 1.165) is 0 Å². The Balaban J connectivity index is 3.01. The lowest BCUT2D eigenvalue weighted by Gasteiger charge is -2.24. The Kier molecular flexibility index (Phi) is 6.14. The molecule has 0 aliphatic carbocycles. The molecule has 1 aromatic carbocycles. The molecule has 3 nitrogen and oxygen atoms in total. The van der Waals surface area contributed by atoms with E-state index in [1.807, 2.05) is 13.8 Å². The fourth-order valence-corrected chi connectivity index (χ4v) is 1.91. The quantitative estimate of drug-likeness (QED) is 0.648. The summed E-state index contributed by atoms with van der Waals surface area (Å²) in [6.45, 7) is 4.41.